The highest BCUT2D eigenvalue weighted by molar-refractivity contribution is 5.95. The molecule has 2 N–H and O–H groups in total. The van der Waals surface area contributed by atoms with Gasteiger partial charge in [0.15, 0.2) is 0 Å². The molecule has 2 aromatic rings. The normalized spacial score (nSPS) is 21.6. The van der Waals surface area contributed by atoms with Gasteiger partial charge in [0, 0.05) is 42.6 Å². The van der Waals surface area contributed by atoms with Crippen molar-refractivity contribution in [1.29, 1.82) is 0 Å². The van der Waals surface area contributed by atoms with E-state index in [1.54, 1.807) is 6.20 Å². The molecule has 1 aromatic heterocycles. The van der Waals surface area contributed by atoms with Crippen LogP contribution in [-0.2, 0) is 6.54 Å². The Balaban J connectivity index is 1.57. The van der Waals surface area contributed by atoms with E-state index in [0.29, 0.717) is 12.5 Å². The van der Waals surface area contributed by atoms with Crippen molar-refractivity contribution in [2.75, 3.05) is 18.0 Å². The Morgan fingerprint density at radius 1 is 1.32 bits per heavy atom. The fourth-order valence-corrected chi connectivity index (χ4v) is 4.08. The Labute approximate surface area is 148 Å². The lowest BCUT2D eigenvalue weighted by Crippen LogP contribution is -2.49. The fraction of sp³-hybridized carbons (Fsp3) is 0.400. The zero-order chi connectivity index (χ0) is 17.4. The molecule has 0 bridgehead atoms. The highest BCUT2D eigenvalue weighted by atomic mass is 16.2. The van der Waals surface area contributed by atoms with Crippen LogP contribution < -0.4 is 15.5 Å². The molecule has 1 aromatic carbocycles. The van der Waals surface area contributed by atoms with Crippen LogP contribution in [0.4, 0.5) is 10.5 Å². The second-order valence-electron chi connectivity index (χ2n) is 7.06. The summed E-state index contributed by atoms with van der Waals surface area (Å²) >= 11 is 0. The SMILES string of the molecule is Cc1ccc2c(c1)C1CNCCC1N2C(=O)NCc1ccnc(C)c1. The van der Waals surface area contributed by atoms with E-state index < -0.39 is 0 Å². The van der Waals surface area contributed by atoms with Gasteiger partial charge in [-0.1, -0.05) is 17.7 Å². The first-order chi connectivity index (χ1) is 12.1. The summed E-state index contributed by atoms with van der Waals surface area (Å²) in [4.78, 5) is 19.2. The van der Waals surface area contributed by atoms with Gasteiger partial charge in [0.05, 0.1) is 0 Å². The fourth-order valence-electron chi connectivity index (χ4n) is 4.08. The van der Waals surface area contributed by atoms with Crippen molar-refractivity contribution in [2.45, 2.75) is 38.8 Å². The zero-order valence-corrected chi connectivity index (χ0v) is 14.7. The first-order valence-electron chi connectivity index (χ1n) is 8.93. The molecule has 0 aliphatic carbocycles. The van der Waals surface area contributed by atoms with Gasteiger partial charge in [-0.2, -0.15) is 0 Å². The van der Waals surface area contributed by atoms with E-state index in [9.17, 15) is 4.79 Å². The smallest absolute Gasteiger partial charge is 0.322 e. The number of carbonyl (C=O) groups is 1. The third-order valence-electron chi connectivity index (χ3n) is 5.24. The third kappa shape index (κ3) is 3.00. The molecule has 2 aliphatic heterocycles. The summed E-state index contributed by atoms with van der Waals surface area (Å²) in [7, 11) is 0. The molecular weight excluding hydrogens is 312 g/mol. The van der Waals surface area contributed by atoms with Crippen LogP contribution in [0, 0.1) is 13.8 Å². The first-order valence-corrected chi connectivity index (χ1v) is 8.93. The van der Waals surface area contributed by atoms with Crippen LogP contribution in [0.2, 0.25) is 0 Å². The molecule has 1 saturated heterocycles. The third-order valence-corrected chi connectivity index (χ3v) is 5.24. The van der Waals surface area contributed by atoms with Gasteiger partial charge in [0.1, 0.15) is 0 Å². The van der Waals surface area contributed by atoms with Crippen molar-refractivity contribution in [3.05, 3.63) is 58.9 Å². The Bertz CT molecular complexity index is 804. The number of fused-ring (bicyclic) bond motifs is 3. The van der Waals surface area contributed by atoms with Gasteiger partial charge >= 0.3 is 6.03 Å². The zero-order valence-electron chi connectivity index (χ0n) is 14.7. The first kappa shape index (κ1) is 16.1. The Morgan fingerprint density at radius 2 is 2.20 bits per heavy atom. The number of pyridine rings is 1. The largest absolute Gasteiger partial charge is 0.334 e. The van der Waals surface area contributed by atoms with Crippen LogP contribution >= 0.6 is 0 Å². The number of rotatable bonds is 2. The van der Waals surface area contributed by atoms with Crippen LogP contribution in [0.25, 0.3) is 0 Å². The summed E-state index contributed by atoms with van der Waals surface area (Å²) in [6, 6.07) is 10.6. The van der Waals surface area contributed by atoms with E-state index in [-0.39, 0.29) is 12.1 Å². The number of nitrogens with zero attached hydrogens (tertiary/aromatic N) is 2. The second-order valence-corrected chi connectivity index (χ2v) is 7.06. The molecule has 0 spiro atoms. The van der Waals surface area contributed by atoms with Gasteiger partial charge in [-0.05, 0) is 56.1 Å². The predicted octanol–water partition coefficient (Wildman–Crippen LogP) is 2.87. The average Bonchev–Trinajstić information content (AvgIpc) is 2.94. The van der Waals surface area contributed by atoms with E-state index in [4.69, 9.17) is 0 Å². The lowest BCUT2D eigenvalue weighted by molar-refractivity contribution is 0.241. The number of hydrogen-bond donors (Lipinski definition) is 2. The maximum absolute atomic E-state index is 13.0. The maximum atomic E-state index is 13.0. The van der Waals surface area contributed by atoms with Gasteiger partial charge in [-0.15, -0.1) is 0 Å². The highest BCUT2D eigenvalue weighted by Gasteiger charge is 2.42. The van der Waals surface area contributed by atoms with E-state index in [1.165, 1.54) is 11.1 Å². The molecule has 0 saturated carbocycles. The molecule has 0 radical (unpaired) electrons. The number of amides is 2. The number of aryl methyl sites for hydroxylation is 2. The molecule has 25 heavy (non-hydrogen) atoms. The topological polar surface area (TPSA) is 57.3 Å². The summed E-state index contributed by atoms with van der Waals surface area (Å²) in [5.41, 5.74) is 5.65. The lowest BCUT2D eigenvalue weighted by atomic mass is 9.89. The minimum absolute atomic E-state index is 0.00558. The van der Waals surface area contributed by atoms with Crippen molar-refractivity contribution in [2.24, 2.45) is 0 Å². The second kappa shape index (κ2) is 6.48. The monoisotopic (exact) mass is 336 g/mol. The number of hydrogen-bond acceptors (Lipinski definition) is 3. The molecule has 130 valence electrons. The van der Waals surface area contributed by atoms with Crippen molar-refractivity contribution >= 4 is 11.7 Å². The molecule has 4 rings (SSSR count). The minimum Gasteiger partial charge on any atom is -0.334 e. The number of aromatic nitrogens is 1. The van der Waals surface area contributed by atoms with Crippen LogP contribution in [-0.4, -0.2) is 30.1 Å². The average molecular weight is 336 g/mol. The highest BCUT2D eigenvalue weighted by Crippen LogP contribution is 2.43. The Kier molecular flexibility index (Phi) is 4.17. The molecule has 1 fully saturated rings. The van der Waals surface area contributed by atoms with Crippen LogP contribution in [0.3, 0.4) is 0 Å². The van der Waals surface area contributed by atoms with E-state index in [2.05, 4.69) is 40.7 Å². The van der Waals surface area contributed by atoms with Crippen LogP contribution in [0.5, 0.6) is 0 Å². The van der Waals surface area contributed by atoms with Crippen LogP contribution in [0.15, 0.2) is 36.5 Å². The molecule has 2 aliphatic rings. The molecule has 3 heterocycles. The number of anilines is 1. The van der Waals surface area contributed by atoms with Gasteiger partial charge in [0.25, 0.3) is 0 Å². The van der Waals surface area contributed by atoms with E-state index in [0.717, 1.165) is 36.5 Å². The van der Waals surface area contributed by atoms with Crippen molar-refractivity contribution in [3.8, 4) is 0 Å². The molecule has 2 amide bonds. The van der Waals surface area contributed by atoms with E-state index >= 15 is 0 Å². The van der Waals surface area contributed by atoms with E-state index in [1.807, 2.05) is 24.0 Å². The maximum Gasteiger partial charge on any atom is 0.322 e. The number of benzene rings is 1. The number of nitrogens with one attached hydrogen (secondary N) is 2. The quantitative estimate of drug-likeness (QED) is 0.887. The van der Waals surface area contributed by atoms with Gasteiger partial charge in [-0.25, -0.2) is 4.79 Å². The Morgan fingerprint density at radius 3 is 3.04 bits per heavy atom. The number of carbonyl (C=O) groups excluding carboxylic acids is 1. The molecule has 2 unspecified atom stereocenters. The predicted molar refractivity (Wildman–Crippen MR) is 98.9 cm³/mol. The number of piperidine rings is 1. The molecule has 2 atom stereocenters. The van der Waals surface area contributed by atoms with Gasteiger partial charge in [-0.3, -0.25) is 9.88 Å². The molecular formula is C20H24N4O. The van der Waals surface area contributed by atoms with Crippen molar-refractivity contribution in [1.82, 2.24) is 15.6 Å². The summed E-state index contributed by atoms with van der Waals surface area (Å²) in [6.07, 6.45) is 2.77. The summed E-state index contributed by atoms with van der Waals surface area (Å²) < 4.78 is 0. The van der Waals surface area contributed by atoms with Crippen LogP contribution in [0.1, 0.15) is 34.7 Å². The summed E-state index contributed by atoms with van der Waals surface area (Å²) in [5, 5.41) is 6.57. The van der Waals surface area contributed by atoms with Crippen molar-refractivity contribution < 1.29 is 4.79 Å². The van der Waals surface area contributed by atoms with Gasteiger partial charge < -0.3 is 10.6 Å². The van der Waals surface area contributed by atoms with Crippen molar-refractivity contribution in [3.63, 3.8) is 0 Å². The molecule has 5 heteroatoms. The minimum atomic E-state index is -0.00558. The summed E-state index contributed by atoms with van der Waals surface area (Å²) in [5.74, 6) is 0.387. The van der Waals surface area contributed by atoms with Gasteiger partial charge in [0.2, 0.25) is 0 Å². The lowest BCUT2D eigenvalue weighted by Gasteiger charge is -2.32. The number of urea groups is 1. The molecule has 5 nitrogen and oxygen atoms in total. The summed E-state index contributed by atoms with van der Waals surface area (Å²) in [6.45, 7) is 6.50. The Hall–Kier alpha value is -2.40. The standard InChI is InChI=1S/C20H24N4O/c1-13-3-4-18-16(9-13)17-12-21-7-6-19(17)24(18)20(25)23-11-15-5-8-22-14(2)10-15/h3-5,8-10,17,19,21H,6-7,11-12H2,1-2H3,(H,23,25).